The van der Waals surface area contributed by atoms with Gasteiger partial charge in [-0.05, 0) is 90.9 Å². The fraction of sp³-hybridized carbons (Fsp3) is 0.333. The number of phosphoric acid groups is 2. The Hall–Kier alpha value is -3.62. The van der Waals surface area contributed by atoms with Gasteiger partial charge in [-0.3, -0.25) is 18.1 Å². The fourth-order valence-electron chi connectivity index (χ4n) is 6.24. The van der Waals surface area contributed by atoms with Gasteiger partial charge in [0, 0.05) is 12.8 Å². The third kappa shape index (κ3) is 9.07. The van der Waals surface area contributed by atoms with Crippen molar-refractivity contribution >= 4 is 21.2 Å². The van der Waals surface area contributed by atoms with Crippen LogP contribution in [0.2, 0.25) is 0 Å². The summed E-state index contributed by atoms with van der Waals surface area (Å²) < 4.78 is 92.9. The van der Waals surface area contributed by atoms with E-state index in [0.717, 1.165) is 41.5 Å². The lowest BCUT2D eigenvalue weighted by molar-refractivity contribution is 0.0506. The summed E-state index contributed by atoms with van der Waals surface area (Å²) in [6.45, 7) is 10.1. The van der Waals surface area contributed by atoms with Gasteiger partial charge in [0.2, 0.25) is 0 Å². The van der Waals surface area contributed by atoms with Gasteiger partial charge in [0.1, 0.15) is 23.1 Å². The molecule has 8 nitrogen and oxygen atoms in total. The molecule has 2 fully saturated rings. The number of halogens is 2. The van der Waals surface area contributed by atoms with E-state index >= 15 is 0 Å². The molecule has 12 heteroatoms. The van der Waals surface area contributed by atoms with Crippen molar-refractivity contribution in [3.63, 3.8) is 0 Å². The number of aryl methyl sites for hydroxylation is 2. The molecule has 2 heterocycles. The predicted octanol–water partition coefficient (Wildman–Crippen LogP) is 12.0. The molecular formula is C39H42F2O8P2. The molecular weight excluding hydrogens is 696 g/mol. The SMILES string of the molecule is C=C(C)c1ccc(C)cc1-c1c(OP2(=O)OCCC(c3cccc(F)c3)O2)cc(CCCCC)cc1OP1(=O)OCCC(c2cccc(F)c2)O1. The molecule has 51 heavy (non-hydrogen) atoms. The van der Waals surface area contributed by atoms with Crippen LogP contribution in [0.4, 0.5) is 8.78 Å². The maximum atomic E-state index is 14.4. The summed E-state index contributed by atoms with van der Waals surface area (Å²) in [6.07, 6.45) is 2.51. The van der Waals surface area contributed by atoms with Gasteiger partial charge in [0.15, 0.2) is 0 Å². The zero-order chi connectivity index (χ0) is 36.2. The minimum absolute atomic E-state index is 0.0349. The van der Waals surface area contributed by atoms with Crippen LogP contribution < -0.4 is 9.05 Å². The molecule has 4 aromatic carbocycles. The van der Waals surface area contributed by atoms with Gasteiger partial charge in [-0.15, -0.1) is 0 Å². The first-order valence-corrected chi connectivity index (χ1v) is 20.1. The zero-order valence-electron chi connectivity index (χ0n) is 28.9. The second-order valence-electron chi connectivity index (χ2n) is 12.9. The highest BCUT2D eigenvalue weighted by atomic mass is 31.2. The molecule has 0 radical (unpaired) electrons. The van der Waals surface area contributed by atoms with Crippen molar-refractivity contribution in [1.29, 1.82) is 0 Å². The Kier molecular flexibility index (Phi) is 11.6. The van der Waals surface area contributed by atoms with Crippen LogP contribution in [0.25, 0.3) is 16.7 Å². The van der Waals surface area contributed by atoms with E-state index in [-0.39, 0.29) is 24.7 Å². The molecule has 0 saturated carbocycles. The minimum Gasteiger partial charge on any atom is -0.403 e. The van der Waals surface area contributed by atoms with Crippen molar-refractivity contribution in [3.05, 3.63) is 125 Å². The summed E-state index contributed by atoms with van der Waals surface area (Å²) >= 11 is 0. The molecule has 0 amide bonds. The van der Waals surface area contributed by atoms with E-state index in [1.165, 1.54) is 24.3 Å². The molecule has 4 aromatic rings. The topological polar surface area (TPSA) is 89.5 Å². The quantitative estimate of drug-likeness (QED) is 0.105. The number of benzene rings is 4. The smallest absolute Gasteiger partial charge is 0.403 e. The molecule has 0 bridgehead atoms. The Labute approximate surface area is 297 Å². The summed E-state index contributed by atoms with van der Waals surface area (Å²) in [4.78, 5) is 0. The number of hydrogen-bond donors (Lipinski definition) is 0. The monoisotopic (exact) mass is 738 g/mol. The number of phosphoric ester groups is 2. The molecule has 0 aliphatic carbocycles. The highest BCUT2D eigenvalue weighted by Gasteiger charge is 2.41. The normalized spacial score (nSPS) is 23.5. The van der Waals surface area contributed by atoms with Crippen LogP contribution in [0.1, 0.15) is 86.0 Å². The van der Waals surface area contributed by atoms with Gasteiger partial charge in [-0.1, -0.05) is 79.9 Å². The summed E-state index contributed by atoms with van der Waals surface area (Å²) in [5.41, 5.74) is 5.00. The Morgan fingerprint density at radius 2 is 1.35 bits per heavy atom. The number of hydrogen-bond acceptors (Lipinski definition) is 8. The maximum absolute atomic E-state index is 14.4. The lowest BCUT2D eigenvalue weighted by atomic mass is 9.91. The fourth-order valence-corrected chi connectivity index (χ4v) is 9.06. The minimum atomic E-state index is -4.32. The average molecular weight is 739 g/mol. The third-order valence-electron chi connectivity index (χ3n) is 8.73. The lowest BCUT2D eigenvalue weighted by Crippen LogP contribution is -2.18. The van der Waals surface area contributed by atoms with Crippen molar-refractivity contribution < 1.29 is 45.1 Å². The first kappa shape index (κ1) is 37.1. The van der Waals surface area contributed by atoms with Gasteiger partial charge < -0.3 is 9.05 Å². The largest absolute Gasteiger partial charge is 0.530 e. The van der Waals surface area contributed by atoms with E-state index in [2.05, 4.69) is 13.5 Å². The second kappa shape index (κ2) is 16.0. The standard InChI is InChI=1S/C39H42F2O8P2/c1-5-6-7-10-28-22-37(48-50(42)44-19-17-35(46-50)29-11-8-13-31(40)24-29)39(34-21-27(4)15-16-33(34)26(2)3)38(23-28)49-51(43)45-20-18-36(47-51)30-12-9-14-32(41)25-30/h8-9,11-16,21-25,35-36H,2,5-7,10,17-20H2,1,3-4H3. The Bertz CT molecular complexity index is 1900. The first-order valence-electron chi connectivity index (χ1n) is 17.1. The van der Waals surface area contributed by atoms with Crippen LogP contribution in [0.15, 0.2) is 85.4 Å². The average Bonchev–Trinajstić information content (AvgIpc) is 3.08. The molecule has 2 saturated heterocycles. The van der Waals surface area contributed by atoms with Crippen molar-refractivity contribution in [2.24, 2.45) is 0 Å². The highest BCUT2D eigenvalue weighted by molar-refractivity contribution is 7.49. The van der Waals surface area contributed by atoms with Crippen LogP contribution in [-0.2, 0) is 33.6 Å². The van der Waals surface area contributed by atoms with Crippen LogP contribution in [0, 0.1) is 18.6 Å². The molecule has 270 valence electrons. The second-order valence-corrected chi connectivity index (χ2v) is 16.0. The van der Waals surface area contributed by atoms with E-state index < -0.39 is 39.5 Å². The molecule has 0 N–H and O–H groups in total. The van der Waals surface area contributed by atoms with Crippen molar-refractivity contribution in [3.8, 4) is 22.6 Å². The van der Waals surface area contributed by atoms with Crippen molar-refractivity contribution in [2.75, 3.05) is 13.2 Å². The van der Waals surface area contributed by atoms with Crippen LogP contribution in [0.5, 0.6) is 11.5 Å². The zero-order valence-corrected chi connectivity index (χ0v) is 30.7. The number of rotatable bonds is 12. The van der Waals surface area contributed by atoms with E-state index in [9.17, 15) is 17.9 Å². The summed E-state index contributed by atoms with van der Waals surface area (Å²) in [5, 5.41) is 0. The highest BCUT2D eigenvalue weighted by Crippen LogP contribution is 2.62. The molecule has 0 spiro atoms. The van der Waals surface area contributed by atoms with Crippen LogP contribution >= 0.6 is 15.6 Å². The van der Waals surface area contributed by atoms with Crippen LogP contribution in [-0.4, -0.2) is 13.2 Å². The summed E-state index contributed by atoms with van der Waals surface area (Å²) in [5.74, 6) is -0.701. The Balaban J connectivity index is 1.47. The van der Waals surface area contributed by atoms with Crippen LogP contribution in [0.3, 0.4) is 0 Å². The third-order valence-corrected chi connectivity index (χ3v) is 11.6. The molecule has 6 rings (SSSR count). The summed E-state index contributed by atoms with van der Waals surface area (Å²) in [6, 6.07) is 21.1. The van der Waals surface area contributed by atoms with Gasteiger partial charge >= 0.3 is 15.6 Å². The number of unbranched alkanes of at least 4 members (excludes halogenated alkanes) is 2. The molecule has 2 aliphatic rings. The van der Waals surface area contributed by atoms with Gasteiger partial charge in [0.25, 0.3) is 0 Å². The molecule has 0 aromatic heterocycles. The summed E-state index contributed by atoms with van der Waals surface area (Å²) in [7, 11) is -8.65. The van der Waals surface area contributed by atoms with E-state index in [0.29, 0.717) is 41.5 Å². The molecule has 4 atom stereocenters. The van der Waals surface area contributed by atoms with Crippen molar-refractivity contribution in [2.45, 2.75) is 71.5 Å². The van der Waals surface area contributed by atoms with E-state index in [1.807, 2.05) is 32.0 Å². The Morgan fingerprint density at radius 1 is 0.804 bits per heavy atom. The molecule has 2 aliphatic heterocycles. The first-order chi connectivity index (χ1) is 24.4. The van der Waals surface area contributed by atoms with E-state index in [4.69, 9.17) is 27.1 Å². The maximum Gasteiger partial charge on any atom is 0.530 e. The van der Waals surface area contributed by atoms with Crippen molar-refractivity contribution in [1.82, 2.24) is 0 Å². The predicted molar refractivity (Wildman–Crippen MR) is 193 cm³/mol. The van der Waals surface area contributed by atoms with Gasteiger partial charge in [0.05, 0.1) is 31.0 Å². The lowest BCUT2D eigenvalue weighted by Gasteiger charge is -2.31. The van der Waals surface area contributed by atoms with Gasteiger partial charge in [-0.2, -0.15) is 0 Å². The number of allylic oxidation sites excluding steroid dienone is 1. The van der Waals surface area contributed by atoms with Gasteiger partial charge in [-0.25, -0.2) is 17.9 Å². The Morgan fingerprint density at radius 3 is 1.84 bits per heavy atom. The molecule has 4 unspecified atom stereocenters. The van der Waals surface area contributed by atoms with E-state index in [1.54, 1.807) is 36.4 Å².